The monoisotopic (exact) mass is 622 g/mol. The molecule has 2 aromatic carbocycles. The number of hydrogen-bond acceptors (Lipinski definition) is 4. The third-order valence-corrected chi connectivity index (χ3v) is 6.74. The summed E-state index contributed by atoms with van der Waals surface area (Å²) in [6, 6.07) is 9.62. The highest BCUT2D eigenvalue weighted by atomic mass is 19.4. The Labute approximate surface area is 245 Å². The summed E-state index contributed by atoms with van der Waals surface area (Å²) in [5.74, 6) is -3.08. The van der Waals surface area contributed by atoms with Gasteiger partial charge in [-0.1, -0.05) is 30.4 Å². The maximum Gasteiger partial charge on any atom is 0.573 e. The predicted octanol–water partition coefficient (Wildman–Crippen LogP) is 7.20. The van der Waals surface area contributed by atoms with Crippen molar-refractivity contribution in [2.45, 2.75) is 44.4 Å². The molecule has 0 saturated heterocycles. The SMILES string of the molecule is O=C(Cn1nc(C(F)(F)F)c2c1CCC=C2)N[C@@H](Cc1cc(F)cc(F)c1)c1ncccc1-c1cccc(OC(F)(F)F)c1. The van der Waals surface area contributed by atoms with E-state index in [1.54, 1.807) is 6.08 Å². The number of carbonyl (C=O) groups is 1. The molecule has 5 rings (SSSR count). The van der Waals surface area contributed by atoms with E-state index in [0.29, 0.717) is 12.5 Å². The lowest BCUT2D eigenvalue weighted by Gasteiger charge is -2.22. The van der Waals surface area contributed by atoms with Crippen molar-refractivity contribution in [2.75, 3.05) is 0 Å². The fourth-order valence-electron chi connectivity index (χ4n) is 5.07. The third-order valence-electron chi connectivity index (χ3n) is 6.74. The fraction of sp³-hybridized carbons (Fsp3) is 0.233. The number of rotatable bonds is 8. The lowest BCUT2D eigenvalue weighted by Crippen LogP contribution is -2.34. The van der Waals surface area contributed by atoms with Crippen LogP contribution >= 0.6 is 0 Å². The maximum atomic E-state index is 14.1. The Morgan fingerprint density at radius 3 is 2.45 bits per heavy atom. The second kappa shape index (κ2) is 12.1. The highest BCUT2D eigenvalue weighted by molar-refractivity contribution is 5.77. The van der Waals surface area contributed by atoms with Gasteiger partial charge in [0.05, 0.1) is 11.7 Å². The Bertz CT molecular complexity index is 1690. The van der Waals surface area contributed by atoms with Crippen LogP contribution in [0.3, 0.4) is 0 Å². The largest absolute Gasteiger partial charge is 0.573 e. The van der Waals surface area contributed by atoms with Gasteiger partial charge in [-0.3, -0.25) is 14.5 Å². The number of fused-ring (bicyclic) bond motifs is 1. The van der Waals surface area contributed by atoms with Gasteiger partial charge in [-0.05, 0) is 60.7 Å². The molecule has 1 amide bonds. The normalized spacial score (nSPS) is 13.8. The van der Waals surface area contributed by atoms with Gasteiger partial charge in [0.25, 0.3) is 0 Å². The molecule has 0 radical (unpaired) electrons. The van der Waals surface area contributed by atoms with Crippen molar-refractivity contribution in [3.63, 3.8) is 0 Å². The number of hydrogen-bond donors (Lipinski definition) is 1. The average molecular weight is 623 g/mol. The second-order valence-corrected chi connectivity index (χ2v) is 9.92. The van der Waals surface area contributed by atoms with Gasteiger partial charge in [-0.25, -0.2) is 8.78 Å². The number of carbonyl (C=O) groups excluding carboxylic acids is 1. The van der Waals surface area contributed by atoms with Crippen molar-refractivity contribution in [2.24, 2.45) is 0 Å². The van der Waals surface area contributed by atoms with E-state index in [2.05, 4.69) is 20.1 Å². The van der Waals surface area contributed by atoms with Gasteiger partial charge in [0.15, 0.2) is 5.69 Å². The first-order valence-electron chi connectivity index (χ1n) is 13.2. The fourth-order valence-corrected chi connectivity index (χ4v) is 5.07. The number of alkyl halides is 6. The zero-order valence-corrected chi connectivity index (χ0v) is 22.5. The second-order valence-electron chi connectivity index (χ2n) is 9.92. The van der Waals surface area contributed by atoms with Crippen molar-refractivity contribution < 1.29 is 44.7 Å². The highest BCUT2D eigenvalue weighted by Crippen LogP contribution is 2.36. The molecule has 1 atom stereocenters. The maximum absolute atomic E-state index is 14.1. The lowest BCUT2D eigenvalue weighted by atomic mass is 9.95. The van der Waals surface area contributed by atoms with Gasteiger partial charge in [0.1, 0.15) is 23.9 Å². The summed E-state index contributed by atoms with van der Waals surface area (Å²) in [7, 11) is 0. The first-order chi connectivity index (χ1) is 20.8. The molecule has 0 bridgehead atoms. The molecule has 1 N–H and O–H groups in total. The van der Waals surface area contributed by atoms with Crippen LogP contribution < -0.4 is 10.1 Å². The number of nitrogens with one attached hydrogen (secondary N) is 1. The molecule has 1 aliphatic rings. The summed E-state index contributed by atoms with van der Waals surface area (Å²) < 4.78 is 113. The Balaban J connectivity index is 1.51. The molecule has 0 unspecified atom stereocenters. The summed E-state index contributed by atoms with van der Waals surface area (Å²) in [5, 5.41) is 6.32. The molecule has 230 valence electrons. The number of nitrogens with zero attached hydrogens (tertiary/aromatic N) is 3. The van der Waals surface area contributed by atoms with Crippen LogP contribution in [-0.2, 0) is 30.4 Å². The molecule has 14 heteroatoms. The van der Waals surface area contributed by atoms with Crippen LogP contribution in [0.25, 0.3) is 17.2 Å². The van der Waals surface area contributed by atoms with Crippen molar-refractivity contribution in [1.29, 1.82) is 0 Å². The van der Waals surface area contributed by atoms with Gasteiger partial charge in [-0.2, -0.15) is 18.3 Å². The molecule has 6 nitrogen and oxygen atoms in total. The summed E-state index contributed by atoms with van der Waals surface area (Å²) in [4.78, 5) is 17.7. The van der Waals surface area contributed by atoms with Gasteiger partial charge >= 0.3 is 12.5 Å². The molecule has 0 aliphatic heterocycles. The van der Waals surface area contributed by atoms with E-state index in [1.807, 2.05) is 0 Å². The van der Waals surface area contributed by atoms with Crippen molar-refractivity contribution in [1.82, 2.24) is 20.1 Å². The number of ether oxygens (including phenoxy) is 1. The minimum Gasteiger partial charge on any atom is -0.406 e. The number of pyridine rings is 1. The van der Waals surface area contributed by atoms with Crippen molar-refractivity contribution >= 4 is 12.0 Å². The van der Waals surface area contributed by atoms with Crippen LogP contribution in [0.15, 0.2) is 66.9 Å². The van der Waals surface area contributed by atoms with Crippen LogP contribution in [0, 0.1) is 11.6 Å². The molecular formula is C30H22F8N4O2. The summed E-state index contributed by atoms with van der Waals surface area (Å²) in [5.41, 5.74) is -0.313. The molecule has 4 aromatic rings. The number of amides is 1. The summed E-state index contributed by atoms with van der Waals surface area (Å²) in [6.07, 6.45) is -5.04. The lowest BCUT2D eigenvalue weighted by molar-refractivity contribution is -0.274. The van der Waals surface area contributed by atoms with Gasteiger partial charge in [-0.15, -0.1) is 13.2 Å². The Morgan fingerprint density at radius 2 is 1.75 bits per heavy atom. The number of aromatic nitrogens is 3. The van der Waals surface area contributed by atoms with Gasteiger partial charge in [0.2, 0.25) is 5.91 Å². The van der Waals surface area contributed by atoms with Crippen LogP contribution in [-0.4, -0.2) is 27.0 Å². The van der Waals surface area contributed by atoms with E-state index in [1.165, 1.54) is 36.5 Å². The minimum absolute atomic E-state index is 0.111. The Morgan fingerprint density at radius 1 is 1.00 bits per heavy atom. The number of allylic oxidation sites excluding steroid dienone is 1. The van der Waals surface area contributed by atoms with Crippen LogP contribution in [0.1, 0.15) is 40.7 Å². The summed E-state index contributed by atoms with van der Waals surface area (Å²) in [6.45, 7) is -0.614. The average Bonchev–Trinajstić information content (AvgIpc) is 3.30. The first-order valence-corrected chi connectivity index (χ1v) is 13.2. The number of benzene rings is 2. The molecule has 0 fully saturated rings. The van der Waals surface area contributed by atoms with Gasteiger partial charge in [0, 0.05) is 29.1 Å². The minimum atomic E-state index is -4.96. The highest BCUT2D eigenvalue weighted by Gasteiger charge is 2.39. The van der Waals surface area contributed by atoms with Crippen LogP contribution in [0.4, 0.5) is 35.1 Å². The van der Waals surface area contributed by atoms with E-state index in [4.69, 9.17) is 0 Å². The van der Waals surface area contributed by atoms with Crippen molar-refractivity contribution in [3.8, 4) is 16.9 Å². The first kappa shape index (κ1) is 30.7. The predicted molar refractivity (Wildman–Crippen MR) is 142 cm³/mol. The molecule has 2 heterocycles. The van der Waals surface area contributed by atoms with Crippen LogP contribution in [0.2, 0.25) is 0 Å². The Hall–Kier alpha value is -4.75. The zero-order valence-electron chi connectivity index (χ0n) is 22.5. The van der Waals surface area contributed by atoms with Gasteiger partial charge < -0.3 is 10.1 Å². The topological polar surface area (TPSA) is 69.0 Å². The molecule has 1 aliphatic carbocycles. The smallest absolute Gasteiger partial charge is 0.406 e. The van der Waals surface area contributed by atoms with E-state index in [-0.39, 0.29) is 46.5 Å². The van der Waals surface area contributed by atoms with Crippen LogP contribution in [0.5, 0.6) is 5.75 Å². The third kappa shape index (κ3) is 7.24. The quantitative estimate of drug-likeness (QED) is 0.211. The standard InChI is InChI=1S/C30H22F8N4O2/c31-19-11-17(12-20(32)15-19)13-24(27-22(8-4-10-39-27)18-5-3-6-21(14-18)44-30(36,37)38)40-26(43)16-42-25-9-2-1-7-23(25)28(41-42)29(33,34)35/h1,3-8,10-12,14-15,24H,2,9,13,16H2,(H,40,43)/t24-/m0/s1. The van der Waals surface area contributed by atoms with Crippen molar-refractivity contribution in [3.05, 3.63) is 107 Å². The molecule has 2 aromatic heterocycles. The summed E-state index contributed by atoms with van der Waals surface area (Å²) >= 11 is 0. The van der Waals surface area contributed by atoms with E-state index >= 15 is 0 Å². The zero-order chi connectivity index (χ0) is 31.6. The molecule has 0 saturated carbocycles. The van der Waals surface area contributed by atoms with E-state index in [9.17, 15) is 39.9 Å². The number of halogens is 8. The molecule has 0 spiro atoms. The molecular weight excluding hydrogens is 600 g/mol. The van der Waals surface area contributed by atoms with E-state index in [0.717, 1.165) is 28.9 Å². The molecule has 44 heavy (non-hydrogen) atoms. The van der Waals surface area contributed by atoms with E-state index < -0.39 is 54.1 Å². The Kier molecular flexibility index (Phi) is 8.44.